The molecule has 2 aromatic rings. The Labute approximate surface area is 197 Å². The summed E-state index contributed by atoms with van der Waals surface area (Å²) in [7, 11) is -3.91. The van der Waals surface area contributed by atoms with Crippen LogP contribution < -0.4 is 4.72 Å². The van der Waals surface area contributed by atoms with Crippen LogP contribution in [0.15, 0.2) is 45.9 Å². The van der Waals surface area contributed by atoms with E-state index in [0.29, 0.717) is 37.5 Å². The number of amides is 2. The fourth-order valence-electron chi connectivity index (χ4n) is 3.30. The van der Waals surface area contributed by atoms with Crippen molar-refractivity contribution >= 4 is 28.0 Å². The summed E-state index contributed by atoms with van der Waals surface area (Å²) in [5, 5.41) is 0. The molecule has 2 heterocycles. The third-order valence-corrected chi connectivity index (χ3v) is 6.64. The Balaban J connectivity index is 1.56. The smallest absolute Gasteiger partial charge is 0.409 e. The van der Waals surface area contributed by atoms with Gasteiger partial charge in [-0.25, -0.2) is 22.7 Å². The van der Waals surface area contributed by atoms with E-state index < -0.39 is 34.6 Å². The number of carbonyl (C=O) groups excluding carboxylic acids is 3. The van der Waals surface area contributed by atoms with Crippen molar-refractivity contribution in [2.75, 3.05) is 39.4 Å². The minimum absolute atomic E-state index is 0.0408. The highest BCUT2D eigenvalue weighted by Gasteiger charge is 2.26. The van der Waals surface area contributed by atoms with Crippen LogP contribution in [0, 0.1) is 6.92 Å². The fraction of sp³-hybridized carbons (Fsp3) is 0.409. The van der Waals surface area contributed by atoms with Crippen LogP contribution in [0.2, 0.25) is 0 Å². The molecule has 0 saturated carbocycles. The van der Waals surface area contributed by atoms with Crippen LogP contribution >= 0.6 is 0 Å². The topological polar surface area (TPSA) is 135 Å². The minimum atomic E-state index is -3.91. The summed E-state index contributed by atoms with van der Waals surface area (Å²) in [5.74, 6) is -0.769. The number of carbonyl (C=O) groups is 3. The highest BCUT2D eigenvalue weighted by molar-refractivity contribution is 7.89. The van der Waals surface area contributed by atoms with Crippen molar-refractivity contribution in [1.82, 2.24) is 14.5 Å². The summed E-state index contributed by atoms with van der Waals surface area (Å²) < 4.78 is 42.8. The average Bonchev–Trinajstić information content (AvgIpc) is 3.35. The van der Waals surface area contributed by atoms with E-state index in [1.807, 2.05) is 0 Å². The first kappa shape index (κ1) is 25.2. The molecule has 2 amide bonds. The van der Waals surface area contributed by atoms with Crippen LogP contribution in [0.3, 0.4) is 0 Å². The molecule has 0 spiro atoms. The zero-order valence-corrected chi connectivity index (χ0v) is 19.8. The van der Waals surface area contributed by atoms with Gasteiger partial charge in [-0.3, -0.25) is 4.79 Å². The van der Waals surface area contributed by atoms with Crippen LogP contribution in [0.1, 0.15) is 28.6 Å². The van der Waals surface area contributed by atoms with Gasteiger partial charge in [0.2, 0.25) is 10.0 Å². The average molecular weight is 494 g/mol. The van der Waals surface area contributed by atoms with E-state index in [-0.39, 0.29) is 23.6 Å². The van der Waals surface area contributed by atoms with Crippen molar-refractivity contribution in [3.8, 4) is 0 Å². The number of benzene rings is 1. The second-order valence-electron chi connectivity index (χ2n) is 7.52. The number of esters is 1. The lowest BCUT2D eigenvalue weighted by atomic mass is 10.1. The third kappa shape index (κ3) is 6.35. The molecule has 34 heavy (non-hydrogen) atoms. The van der Waals surface area contributed by atoms with Gasteiger partial charge >= 0.3 is 12.1 Å². The van der Waals surface area contributed by atoms with E-state index in [2.05, 4.69) is 4.72 Å². The van der Waals surface area contributed by atoms with Crippen LogP contribution in [0.5, 0.6) is 0 Å². The van der Waals surface area contributed by atoms with Crippen LogP contribution in [-0.2, 0) is 30.8 Å². The van der Waals surface area contributed by atoms with Crippen LogP contribution in [0.25, 0.3) is 0 Å². The summed E-state index contributed by atoms with van der Waals surface area (Å²) in [5.41, 5.74) is 0.547. The second-order valence-corrected chi connectivity index (χ2v) is 9.29. The monoisotopic (exact) mass is 493 g/mol. The van der Waals surface area contributed by atoms with Crippen molar-refractivity contribution in [2.24, 2.45) is 0 Å². The summed E-state index contributed by atoms with van der Waals surface area (Å²) in [6.45, 7) is 4.33. The van der Waals surface area contributed by atoms with E-state index in [1.54, 1.807) is 26.0 Å². The van der Waals surface area contributed by atoms with Gasteiger partial charge in [0, 0.05) is 26.2 Å². The predicted octanol–water partition coefficient (Wildman–Crippen LogP) is 1.52. The van der Waals surface area contributed by atoms with E-state index >= 15 is 0 Å². The SMILES string of the molecule is CCOC(=O)N1CCN(C(=O)COC(=O)c2cc(S(=O)(=O)NCc3ccco3)ccc2C)CC1. The van der Waals surface area contributed by atoms with Gasteiger partial charge in [0.25, 0.3) is 5.91 Å². The lowest BCUT2D eigenvalue weighted by Crippen LogP contribution is -2.51. The molecule has 1 N–H and O–H groups in total. The molecule has 12 heteroatoms. The van der Waals surface area contributed by atoms with Crippen LogP contribution in [-0.4, -0.2) is 75.6 Å². The lowest BCUT2D eigenvalue weighted by Gasteiger charge is -2.33. The zero-order chi connectivity index (χ0) is 24.7. The molecule has 0 atom stereocenters. The molecule has 1 aromatic carbocycles. The van der Waals surface area contributed by atoms with E-state index in [4.69, 9.17) is 13.9 Å². The van der Waals surface area contributed by atoms with Crippen molar-refractivity contribution in [2.45, 2.75) is 25.3 Å². The molecular formula is C22H27N3O8S. The quantitative estimate of drug-likeness (QED) is 0.547. The molecular weight excluding hydrogens is 466 g/mol. The molecule has 1 aromatic heterocycles. The predicted molar refractivity (Wildman–Crippen MR) is 119 cm³/mol. The van der Waals surface area contributed by atoms with Gasteiger partial charge in [-0.2, -0.15) is 0 Å². The molecule has 11 nitrogen and oxygen atoms in total. The van der Waals surface area contributed by atoms with Gasteiger partial charge in [-0.15, -0.1) is 0 Å². The number of ether oxygens (including phenoxy) is 2. The molecule has 1 aliphatic rings. The summed E-state index contributed by atoms with van der Waals surface area (Å²) >= 11 is 0. The Morgan fingerprint density at radius 1 is 1.06 bits per heavy atom. The zero-order valence-electron chi connectivity index (χ0n) is 19.0. The number of rotatable bonds is 8. The molecule has 184 valence electrons. The number of piperazine rings is 1. The maximum atomic E-state index is 12.6. The second kappa shape index (κ2) is 11.2. The highest BCUT2D eigenvalue weighted by atomic mass is 32.2. The number of sulfonamides is 1. The molecule has 0 unspecified atom stereocenters. The Hall–Kier alpha value is -3.38. The van der Waals surface area contributed by atoms with E-state index in [0.717, 1.165) is 0 Å². The Morgan fingerprint density at radius 2 is 1.76 bits per heavy atom. The fourth-order valence-corrected chi connectivity index (χ4v) is 4.32. The third-order valence-electron chi connectivity index (χ3n) is 5.24. The highest BCUT2D eigenvalue weighted by Crippen LogP contribution is 2.17. The van der Waals surface area contributed by atoms with E-state index in [1.165, 1.54) is 34.3 Å². The molecule has 1 saturated heterocycles. The summed E-state index contributed by atoms with van der Waals surface area (Å²) in [4.78, 5) is 39.7. The van der Waals surface area contributed by atoms with Crippen LogP contribution in [0.4, 0.5) is 4.79 Å². The largest absolute Gasteiger partial charge is 0.468 e. The lowest BCUT2D eigenvalue weighted by molar-refractivity contribution is -0.136. The summed E-state index contributed by atoms with van der Waals surface area (Å²) in [6.07, 6.45) is 1.01. The van der Waals surface area contributed by atoms with Gasteiger partial charge in [-0.05, 0) is 43.7 Å². The number of hydrogen-bond donors (Lipinski definition) is 1. The van der Waals surface area contributed by atoms with Gasteiger partial charge < -0.3 is 23.7 Å². The first-order valence-corrected chi connectivity index (χ1v) is 12.2. The number of aryl methyl sites for hydroxylation is 1. The van der Waals surface area contributed by atoms with Gasteiger partial charge in [0.05, 0.1) is 29.9 Å². The Morgan fingerprint density at radius 3 is 2.41 bits per heavy atom. The van der Waals surface area contributed by atoms with E-state index in [9.17, 15) is 22.8 Å². The molecule has 1 fully saturated rings. The molecule has 0 radical (unpaired) electrons. The number of nitrogens with zero attached hydrogens (tertiary/aromatic N) is 2. The maximum absolute atomic E-state index is 12.6. The number of nitrogens with one attached hydrogen (secondary N) is 1. The van der Waals surface area contributed by atoms with Gasteiger partial charge in [-0.1, -0.05) is 6.07 Å². The van der Waals surface area contributed by atoms with Gasteiger partial charge in [0.1, 0.15) is 5.76 Å². The molecule has 0 aliphatic carbocycles. The van der Waals surface area contributed by atoms with Crippen molar-refractivity contribution < 1.29 is 36.7 Å². The van der Waals surface area contributed by atoms with Gasteiger partial charge in [0.15, 0.2) is 6.61 Å². The molecule has 0 bridgehead atoms. The number of furan rings is 1. The minimum Gasteiger partial charge on any atom is -0.468 e. The van der Waals surface area contributed by atoms with Crippen molar-refractivity contribution in [1.29, 1.82) is 0 Å². The maximum Gasteiger partial charge on any atom is 0.409 e. The van der Waals surface area contributed by atoms with Crippen molar-refractivity contribution in [3.05, 3.63) is 53.5 Å². The Bertz CT molecular complexity index is 1120. The van der Waals surface area contributed by atoms with Crippen molar-refractivity contribution in [3.63, 3.8) is 0 Å². The first-order chi connectivity index (χ1) is 16.2. The molecule has 3 rings (SSSR count). The first-order valence-electron chi connectivity index (χ1n) is 10.7. The molecule has 1 aliphatic heterocycles. The number of hydrogen-bond acceptors (Lipinski definition) is 8. The Kier molecular flexibility index (Phi) is 8.29. The summed E-state index contributed by atoms with van der Waals surface area (Å²) in [6, 6.07) is 7.36. The standard InChI is InChI=1S/C22H27N3O8S/c1-3-31-22(28)25-10-8-24(9-11-25)20(26)15-33-21(27)19-13-18(7-6-16(19)2)34(29,30)23-14-17-5-4-12-32-17/h4-7,12-13,23H,3,8-11,14-15H2,1-2H3. The normalized spacial score (nSPS) is 14.1.